The van der Waals surface area contributed by atoms with Gasteiger partial charge in [0.05, 0.1) is 24.7 Å². The van der Waals surface area contributed by atoms with Gasteiger partial charge < -0.3 is 19.9 Å². The van der Waals surface area contributed by atoms with Crippen LogP contribution in [0, 0.1) is 0 Å². The zero-order valence-corrected chi connectivity index (χ0v) is 20.0. The Bertz CT molecular complexity index is 1020. The quantitative estimate of drug-likeness (QED) is 0.626. The number of carboxylic acid groups (broad SMARTS) is 1. The fourth-order valence-electron chi connectivity index (χ4n) is 4.17. The molecule has 2 amide bonds. The summed E-state index contributed by atoms with van der Waals surface area (Å²) in [4.78, 5) is 34.7. The van der Waals surface area contributed by atoms with Crippen LogP contribution in [0.5, 0.6) is 17.5 Å². The van der Waals surface area contributed by atoms with Crippen LogP contribution in [-0.4, -0.2) is 49.7 Å². The number of benzene rings is 1. The van der Waals surface area contributed by atoms with E-state index in [2.05, 4.69) is 22.2 Å². The standard InChI is InChI=1S/C24H32N4O5/c1-7-24(6,28(22(30)31)23(3,4)5)20(29)27-16-13-25-21(26-14-16)33-18-10-8-9-17-19(18)15(2)11-12-32-17/h8-10,13-15H,7,11-12H2,1-6H3,(H,27,29)(H,30,31)/t15?,24-/m1/s1. The topological polar surface area (TPSA) is 114 Å². The highest BCUT2D eigenvalue weighted by Gasteiger charge is 2.46. The highest BCUT2D eigenvalue weighted by atomic mass is 16.5. The van der Waals surface area contributed by atoms with Gasteiger partial charge in [-0.3, -0.25) is 9.69 Å². The monoisotopic (exact) mass is 456 g/mol. The maximum Gasteiger partial charge on any atom is 0.408 e. The molecule has 0 radical (unpaired) electrons. The van der Waals surface area contributed by atoms with Crippen LogP contribution >= 0.6 is 0 Å². The van der Waals surface area contributed by atoms with Crippen molar-refractivity contribution in [2.75, 3.05) is 11.9 Å². The van der Waals surface area contributed by atoms with Crippen molar-refractivity contribution in [3.8, 4) is 17.5 Å². The van der Waals surface area contributed by atoms with Gasteiger partial charge in [-0.2, -0.15) is 0 Å². The Morgan fingerprint density at radius 2 is 1.91 bits per heavy atom. The molecule has 1 aromatic carbocycles. The second-order valence-corrected chi connectivity index (χ2v) is 9.43. The number of hydrogen-bond donors (Lipinski definition) is 2. The van der Waals surface area contributed by atoms with Crippen LogP contribution in [0.25, 0.3) is 0 Å². The predicted molar refractivity (Wildman–Crippen MR) is 124 cm³/mol. The number of nitrogens with zero attached hydrogens (tertiary/aromatic N) is 3. The van der Waals surface area contributed by atoms with Crippen molar-refractivity contribution < 1.29 is 24.2 Å². The van der Waals surface area contributed by atoms with E-state index in [1.54, 1.807) is 34.6 Å². The molecule has 0 saturated heterocycles. The lowest BCUT2D eigenvalue weighted by Gasteiger charge is -2.45. The number of fused-ring (bicyclic) bond motifs is 1. The minimum absolute atomic E-state index is 0.138. The molecule has 1 aliphatic heterocycles. The second-order valence-electron chi connectivity index (χ2n) is 9.43. The SMILES string of the molecule is CC[C@](C)(C(=O)Nc1cnc(Oc2cccc3c2C(C)CCO3)nc1)N(C(=O)O)C(C)(C)C. The van der Waals surface area contributed by atoms with Gasteiger partial charge in [-0.1, -0.05) is 19.9 Å². The molecule has 0 fully saturated rings. The molecule has 178 valence electrons. The number of amides is 2. The Labute approximate surface area is 194 Å². The molecule has 0 bridgehead atoms. The third-order valence-electron chi connectivity index (χ3n) is 5.95. The molecule has 1 aliphatic rings. The smallest absolute Gasteiger partial charge is 0.408 e. The first kappa shape index (κ1) is 24.3. The van der Waals surface area contributed by atoms with Crippen molar-refractivity contribution in [2.24, 2.45) is 0 Å². The van der Waals surface area contributed by atoms with E-state index in [0.29, 0.717) is 24.5 Å². The van der Waals surface area contributed by atoms with E-state index in [9.17, 15) is 14.7 Å². The fraction of sp³-hybridized carbons (Fsp3) is 0.500. The van der Waals surface area contributed by atoms with Crippen LogP contribution in [-0.2, 0) is 4.79 Å². The number of ether oxygens (including phenoxy) is 2. The summed E-state index contributed by atoms with van der Waals surface area (Å²) < 4.78 is 11.6. The van der Waals surface area contributed by atoms with E-state index in [0.717, 1.165) is 17.7 Å². The molecular formula is C24H32N4O5. The molecule has 2 N–H and O–H groups in total. The Morgan fingerprint density at radius 3 is 2.48 bits per heavy atom. The average Bonchev–Trinajstić information content (AvgIpc) is 2.74. The number of rotatable bonds is 6. The first-order chi connectivity index (χ1) is 15.5. The highest BCUT2D eigenvalue weighted by molar-refractivity contribution is 5.99. The maximum atomic E-state index is 13.1. The second kappa shape index (κ2) is 9.25. The van der Waals surface area contributed by atoms with Gasteiger partial charge in [0, 0.05) is 11.1 Å². The van der Waals surface area contributed by atoms with Crippen molar-refractivity contribution in [3.05, 3.63) is 36.2 Å². The van der Waals surface area contributed by atoms with E-state index in [1.807, 2.05) is 18.2 Å². The number of nitrogens with one attached hydrogen (secondary N) is 1. The third-order valence-corrected chi connectivity index (χ3v) is 5.95. The molecule has 0 spiro atoms. The van der Waals surface area contributed by atoms with Gasteiger partial charge in [0.25, 0.3) is 0 Å². The van der Waals surface area contributed by atoms with Crippen molar-refractivity contribution >= 4 is 17.7 Å². The first-order valence-corrected chi connectivity index (χ1v) is 11.1. The minimum atomic E-state index is -1.28. The summed E-state index contributed by atoms with van der Waals surface area (Å²) >= 11 is 0. The van der Waals surface area contributed by atoms with Crippen LogP contribution in [0.3, 0.4) is 0 Å². The normalized spacial score (nSPS) is 17.2. The minimum Gasteiger partial charge on any atom is -0.493 e. The van der Waals surface area contributed by atoms with Gasteiger partial charge in [-0.25, -0.2) is 14.8 Å². The largest absolute Gasteiger partial charge is 0.493 e. The van der Waals surface area contributed by atoms with E-state index >= 15 is 0 Å². The number of hydrogen-bond acceptors (Lipinski definition) is 6. The van der Waals surface area contributed by atoms with Gasteiger partial charge in [-0.05, 0) is 58.6 Å². The Balaban J connectivity index is 1.77. The van der Waals surface area contributed by atoms with Crippen LogP contribution in [0.4, 0.5) is 10.5 Å². The molecule has 0 aliphatic carbocycles. The first-order valence-electron chi connectivity index (χ1n) is 11.1. The molecule has 1 unspecified atom stereocenters. The van der Waals surface area contributed by atoms with Gasteiger partial charge >= 0.3 is 12.1 Å². The molecule has 33 heavy (non-hydrogen) atoms. The molecule has 2 atom stereocenters. The van der Waals surface area contributed by atoms with Gasteiger partial charge in [0.15, 0.2) is 0 Å². The van der Waals surface area contributed by atoms with Crippen LogP contribution in [0.15, 0.2) is 30.6 Å². The van der Waals surface area contributed by atoms with Crippen molar-refractivity contribution in [3.63, 3.8) is 0 Å². The van der Waals surface area contributed by atoms with Crippen LogP contribution in [0.1, 0.15) is 65.9 Å². The van der Waals surface area contributed by atoms with Crippen molar-refractivity contribution in [2.45, 2.75) is 71.4 Å². The fourth-order valence-corrected chi connectivity index (χ4v) is 4.17. The van der Waals surface area contributed by atoms with Crippen molar-refractivity contribution in [1.29, 1.82) is 0 Å². The lowest BCUT2D eigenvalue weighted by Crippen LogP contribution is -2.63. The molecular weight excluding hydrogens is 424 g/mol. The number of aromatic nitrogens is 2. The molecule has 1 aromatic heterocycles. The zero-order chi connectivity index (χ0) is 24.4. The highest BCUT2D eigenvalue weighted by Crippen LogP contribution is 2.41. The number of carbonyl (C=O) groups excluding carboxylic acids is 1. The van der Waals surface area contributed by atoms with Gasteiger partial charge in [-0.15, -0.1) is 0 Å². The summed E-state index contributed by atoms with van der Waals surface area (Å²) in [6.07, 6.45) is 2.91. The molecule has 9 nitrogen and oxygen atoms in total. The van der Waals surface area contributed by atoms with Gasteiger partial charge in [0.1, 0.15) is 17.0 Å². The predicted octanol–water partition coefficient (Wildman–Crippen LogP) is 5.04. The van der Waals surface area contributed by atoms with E-state index in [1.165, 1.54) is 17.3 Å². The summed E-state index contributed by atoms with van der Waals surface area (Å²) in [5.41, 5.74) is -0.714. The Morgan fingerprint density at radius 1 is 1.24 bits per heavy atom. The van der Waals surface area contributed by atoms with Crippen molar-refractivity contribution in [1.82, 2.24) is 14.9 Å². The summed E-state index contributed by atoms with van der Waals surface area (Å²) in [6, 6.07) is 5.76. The lowest BCUT2D eigenvalue weighted by molar-refractivity contribution is -0.129. The third kappa shape index (κ3) is 5.02. The summed E-state index contributed by atoms with van der Waals surface area (Å²) in [7, 11) is 0. The lowest BCUT2D eigenvalue weighted by atomic mass is 9.89. The van der Waals surface area contributed by atoms with Crippen LogP contribution < -0.4 is 14.8 Å². The Hall–Kier alpha value is -3.36. The summed E-state index contributed by atoms with van der Waals surface area (Å²) in [6.45, 7) is 11.5. The molecule has 9 heteroatoms. The van der Waals surface area contributed by atoms with Gasteiger partial charge in [0.2, 0.25) is 5.91 Å². The van der Waals surface area contributed by atoms with E-state index in [4.69, 9.17) is 9.47 Å². The summed E-state index contributed by atoms with van der Waals surface area (Å²) in [5.74, 6) is 1.27. The maximum absolute atomic E-state index is 13.1. The Kier molecular flexibility index (Phi) is 6.81. The molecule has 2 aromatic rings. The van der Waals surface area contributed by atoms with Crippen LogP contribution in [0.2, 0.25) is 0 Å². The molecule has 0 saturated carbocycles. The van der Waals surface area contributed by atoms with E-state index in [-0.39, 0.29) is 11.9 Å². The van der Waals surface area contributed by atoms with E-state index < -0.39 is 23.1 Å². The number of carbonyl (C=O) groups is 2. The zero-order valence-electron chi connectivity index (χ0n) is 20.0. The average molecular weight is 457 g/mol. The molecule has 3 rings (SSSR count). The summed E-state index contributed by atoms with van der Waals surface area (Å²) in [5, 5.41) is 12.5. The molecule has 2 heterocycles. The number of anilines is 1.